The van der Waals surface area contributed by atoms with E-state index in [1.165, 1.54) is 42.5 Å². The molecule has 0 saturated heterocycles. The van der Waals surface area contributed by atoms with Crippen LogP contribution in [-0.2, 0) is 10.2 Å². The third-order valence-electron chi connectivity index (χ3n) is 4.53. The molecule has 0 radical (unpaired) electrons. The molecule has 21 heavy (non-hydrogen) atoms. The molecule has 1 aromatic heterocycles. The van der Waals surface area contributed by atoms with E-state index in [1.54, 1.807) is 11.3 Å². The molecule has 1 aliphatic rings. The number of carbonyl (C=O) groups is 1. The summed E-state index contributed by atoms with van der Waals surface area (Å²) in [7, 11) is 0. The molecule has 0 bridgehead atoms. The molecule has 1 heterocycles. The summed E-state index contributed by atoms with van der Waals surface area (Å²) in [5.41, 5.74) is 8.30. The first-order valence-electron chi connectivity index (χ1n) is 8.00. The zero-order chi connectivity index (χ0) is 15.6. The predicted octanol–water partition coefficient (Wildman–Crippen LogP) is 4.85. The van der Waals surface area contributed by atoms with Gasteiger partial charge in [0.05, 0.1) is 12.3 Å². The molecule has 0 aromatic carbocycles. The average molecular weight is 309 g/mol. The maximum atomic E-state index is 12.1. The Morgan fingerprint density at radius 1 is 1.33 bits per heavy atom. The number of hydrogen-bond donors (Lipinski definition) is 1. The van der Waals surface area contributed by atoms with Gasteiger partial charge in [0.25, 0.3) is 0 Å². The van der Waals surface area contributed by atoms with Gasteiger partial charge in [0.2, 0.25) is 0 Å². The fourth-order valence-electron chi connectivity index (χ4n) is 3.39. The van der Waals surface area contributed by atoms with E-state index in [2.05, 4.69) is 20.8 Å². The number of carbonyl (C=O) groups excluding carboxylic acids is 1. The van der Waals surface area contributed by atoms with Crippen LogP contribution in [0.5, 0.6) is 0 Å². The number of esters is 1. The van der Waals surface area contributed by atoms with Crippen molar-refractivity contribution in [2.75, 3.05) is 12.3 Å². The third-order valence-corrected chi connectivity index (χ3v) is 6.03. The SMILES string of the molecule is CCOC(=O)c1sc(C2(C)CCCCC2)c(C(C)C)c1N. The lowest BCUT2D eigenvalue weighted by atomic mass is 9.72. The quantitative estimate of drug-likeness (QED) is 0.809. The Hall–Kier alpha value is -1.03. The molecule has 1 fully saturated rings. The summed E-state index contributed by atoms with van der Waals surface area (Å²) in [6, 6.07) is 0. The van der Waals surface area contributed by atoms with Crippen molar-refractivity contribution in [1.29, 1.82) is 0 Å². The number of anilines is 1. The Labute approximate surface area is 131 Å². The zero-order valence-corrected chi connectivity index (χ0v) is 14.4. The standard InChI is InChI=1S/C17H27NO2S/c1-5-20-16(19)14-13(18)12(11(2)3)15(21-14)17(4)9-7-6-8-10-17/h11H,5-10,18H2,1-4H3. The molecule has 0 unspecified atom stereocenters. The van der Waals surface area contributed by atoms with Gasteiger partial charge in [-0.3, -0.25) is 0 Å². The van der Waals surface area contributed by atoms with Crippen LogP contribution < -0.4 is 5.73 Å². The summed E-state index contributed by atoms with van der Waals surface area (Å²) in [4.78, 5) is 14.1. The van der Waals surface area contributed by atoms with E-state index in [4.69, 9.17) is 10.5 Å². The van der Waals surface area contributed by atoms with Crippen LogP contribution in [0.1, 0.15) is 85.8 Å². The smallest absolute Gasteiger partial charge is 0.350 e. The van der Waals surface area contributed by atoms with E-state index in [9.17, 15) is 4.79 Å². The Morgan fingerprint density at radius 3 is 2.48 bits per heavy atom. The van der Waals surface area contributed by atoms with Gasteiger partial charge in [0.15, 0.2) is 0 Å². The van der Waals surface area contributed by atoms with Crippen molar-refractivity contribution in [3.05, 3.63) is 15.3 Å². The Kier molecular flexibility index (Phi) is 4.97. The second-order valence-electron chi connectivity index (χ2n) is 6.58. The number of rotatable bonds is 4. The highest BCUT2D eigenvalue weighted by atomic mass is 32.1. The van der Waals surface area contributed by atoms with E-state index >= 15 is 0 Å². The predicted molar refractivity (Wildman–Crippen MR) is 89.2 cm³/mol. The first kappa shape index (κ1) is 16.3. The first-order valence-corrected chi connectivity index (χ1v) is 8.82. The van der Waals surface area contributed by atoms with Gasteiger partial charge in [0.1, 0.15) is 4.88 Å². The minimum atomic E-state index is -0.271. The molecular formula is C17H27NO2S. The van der Waals surface area contributed by atoms with Gasteiger partial charge in [-0.05, 0) is 31.2 Å². The molecule has 0 amide bonds. The number of thiophene rings is 1. The second kappa shape index (κ2) is 6.39. The van der Waals surface area contributed by atoms with Gasteiger partial charge < -0.3 is 10.5 Å². The molecule has 1 aromatic rings. The molecule has 0 spiro atoms. The van der Waals surface area contributed by atoms with Crippen molar-refractivity contribution in [3.63, 3.8) is 0 Å². The largest absolute Gasteiger partial charge is 0.462 e. The maximum Gasteiger partial charge on any atom is 0.350 e. The van der Waals surface area contributed by atoms with Crippen LogP contribution in [0.3, 0.4) is 0 Å². The fraction of sp³-hybridized carbons (Fsp3) is 0.706. The van der Waals surface area contributed by atoms with Gasteiger partial charge in [-0.2, -0.15) is 0 Å². The average Bonchev–Trinajstić information content (AvgIpc) is 2.78. The van der Waals surface area contributed by atoms with Crippen molar-refractivity contribution < 1.29 is 9.53 Å². The molecule has 0 aliphatic heterocycles. The highest BCUT2D eigenvalue weighted by Crippen LogP contribution is 2.48. The van der Waals surface area contributed by atoms with Crippen LogP contribution in [0, 0.1) is 0 Å². The second-order valence-corrected chi connectivity index (χ2v) is 7.60. The van der Waals surface area contributed by atoms with E-state index in [-0.39, 0.29) is 11.4 Å². The van der Waals surface area contributed by atoms with Crippen molar-refractivity contribution in [2.45, 2.75) is 71.1 Å². The van der Waals surface area contributed by atoms with E-state index in [0.29, 0.717) is 23.1 Å². The Bertz CT molecular complexity index is 513. The number of ether oxygens (including phenoxy) is 1. The molecule has 0 atom stereocenters. The number of nitrogen functional groups attached to an aromatic ring is 1. The summed E-state index contributed by atoms with van der Waals surface area (Å²) in [5, 5.41) is 0. The van der Waals surface area contributed by atoms with Crippen LogP contribution in [0.4, 0.5) is 5.69 Å². The number of hydrogen-bond acceptors (Lipinski definition) is 4. The van der Waals surface area contributed by atoms with Crippen molar-refractivity contribution in [1.82, 2.24) is 0 Å². The van der Waals surface area contributed by atoms with Gasteiger partial charge >= 0.3 is 5.97 Å². The molecule has 2 N–H and O–H groups in total. The summed E-state index contributed by atoms with van der Waals surface area (Å²) in [5.74, 6) is 0.0609. The monoisotopic (exact) mass is 309 g/mol. The molecule has 1 aliphatic carbocycles. The lowest BCUT2D eigenvalue weighted by molar-refractivity contribution is 0.0533. The summed E-state index contributed by atoms with van der Waals surface area (Å²) < 4.78 is 5.17. The normalized spacial score (nSPS) is 18.0. The van der Waals surface area contributed by atoms with Crippen LogP contribution in [0.15, 0.2) is 0 Å². The van der Waals surface area contributed by atoms with Gasteiger partial charge in [-0.25, -0.2) is 4.79 Å². The third kappa shape index (κ3) is 3.10. The summed E-state index contributed by atoms with van der Waals surface area (Å²) >= 11 is 1.57. The molecule has 2 rings (SSSR count). The van der Waals surface area contributed by atoms with Crippen LogP contribution >= 0.6 is 11.3 Å². The number of nitrogens with two attached hydrogens (primary N) is 1. The minimum absolute atomic E-state index is 0.168. The summed E-state index contributed by atoms with van der Waals surface area (Å²) in [6.45, 7) is 8.86. The fourth-order valence-corrected chi connectivity index (χ4v) is 4.86. The summed E-state index contributed by atoms with van der Waals surface area (Å²) in [6.07, 6.45) is 6.23. The van der Waals surface area contributed by atoms with E-state index < -0.39 is 0 Å². The minimum Gasteiger partial charge on any atom is -0.462 e. The maximum absolute atomic E-state index is 12.1. The molecule has 4 heteroatoms. The molecular weight excluding hydrogens is 282 g/mol. The molecule has 3 nitrogen and oxygen atoms in total. The molecule has 118 valence electrons. The highest BCUT2D eigenvalue weighted by Gasteiger charge is 2.36. The van der Waals surface area contributed by atoms with Crippen LogP contribution in [-0.4, -0.2) is 12.6 Å². The van der Waals surface area contributed by atoms with Crippen molar-refractivity contribution in [2.24, 2.45) is 0 Å². The molecule has 1 saturated carbocycles. The van der Waals surface area contributed by atoms with Crippen LogP contribution in [0.2, 0.25) is 0 Å². The van der Waals surface area contributed by atoms with Gasteiger partial charge in [-0.1, -0.05) is 40.0 Å². The first-order chi connectivity index (χ1) is 9.90. The topological polar surface area (TPSA) is 52.3 Å². The van der Waals surface area contributed by atoms with Gasteiger partial charge in [-0.15, -0.1) is 11.3 Å². The van der Waals surface area contributed by atoms with Gasteiger partial charge in [0, 0.05) is 10.3 Å². The van der Waals surface area contributed by atoms with E-state index in [1.807, 2.05) is 6.92 Å². The Balaban J connectivity index is 2.49. The Morgan fingerprint density at radius 2 is 1.95 bits per heavy atom. The van der Waals surface area contributed by atoms with Crippen molar-refractivity contribution >= 4 is 23.0 Å². The zero-order valence-electron chi connectivity index (χ0n) is 13.6. The van der Waals surface area contributed by atoms with Crippen molar-refractivity contribution in [3.8, 4) is 0 Å². The van der Waals surface area contributed by atoms with E-state index in [0.717, 1.165) is 0 Å². The highest BCUT2D eigenvalue weighted by molar-refractivity contribution is 7.15. The van der Waals surface area contributed by atoms with Crippen LogP contribution in [0.25, 0.3) is 0 Å². The lowest BCUT2D eigenvalue weighted by Gasteiger charge is -2.34. The lowest BCUT2D eigenvalue weighted by Crippen LogP contribution is -2.25.